The van der Waals surface area contributed by atoms with Crippen molar-refractivity contribution >= 4 is 32.6 Å². The fourth-order valence-electron chi connectivity index (χ4n) is 3.67. The molecule has 0 aliphatic rings. The van der Waals surface area contributed by atoms with E-state index in [-0.39, 0.29) is 21.1 Å². The Morgan fingerprint density at radius 2 is 1.22 bits per heavy atom. The number of hydrogen-bond acceptors (Lipinski definition) is 3. The molecule has 0 aliphatic carbocycles. The summed E-state index contributed by atoms with van der Waals surface area (Å²) in [4.78, 5) is 13.3. The minimum absolute atomic E-state index is 0. The number of fused-ring (bicyclic) bond motifs is 5. The molecule has 4 heteroatoms. The van der Waals surface area contributed by atoms with Gasteiger partial charge in [-0.15, -0.1) is 35.4 Å². The van der Waals surface area contributed by atoms with Crippen molar-refractivity contribution in [2.45, 2.75) is 6.92 Å². The van der Waals surface area contributed by atoms with Gasteiger partial charge in [-0.1, -0.05) is 55.5 Å². The van der Waals surface area contributed by atoms with Gasteiger partial charge in [0.1, 0.15) is 0 Å². The van der Waals surface area contributed by atoms with E-state index in [0.29, 0.717) is 0 Å². The average Bonchev–Trinajstić information content (AvgIpc) is 2.85. The molecule has 0 radical (unpaired) electrons. The maximum absolute atomic E-state index is 4.52. The zero-order chi connectivity index (χ0) is 21.0. The Bertz CT molecular complexity index is 1410. The van der Waals surface area contributed by atoms with Crippen LogP contribution < -0.4 is 0 Å². The quantitative estimate of drug-likeness (QED) is 0.156. The molecule has 0 fully saturated rings. The van der Waals surface area contributed by atoms with Gasteiger partial charge in [-0.2, -0.15) is 0 Å². The number of pyridine rings is 3. The summed E-state index contributed by atoms with van der Waals surface area (Å²) in [6.45, 7) is 2.05. The molecule has 3 aromatic carbocycles. The molecule has 0 N–H and O–H groups in total. The molecule has 0 amide bonds. The van der Waals surface area contributed by atoms with Gasteiger partial charge in [0.25, 0.3) is 0 Å². The van der Waals surface area contributed by atoms with Gasteiger partial charge in [0, 0.05) is 55.8 Å². The first-order valence-corrected chi connectivity index (χ1v) is 10.2. The minimum Gasteiger partial charge on any atom is -0.305 e. The average molecular weight is 594 g/mol. The van der Waals surface area contributed by atoms with Crippen molar-refractivity contribution in [1.82, 2.24) is 15.0 Å². The van der Waals surface area contributed by atoms with Crippen molar-refractivity contribution in [3.8, 4) is 11.3 Å². The van der Waals surface area contributed by atoms with Crippen LogP contribution in [0.5, 0.6) is 0 Å². The monoisotopic (exact) mass is 593 g/mol. The Balaban J connectivity index is 0.000000157. The standard InChI is InChI=1S/C16H10N2.C12H10N.Pt/c1-3-12-7-5-11-6-8-13-4-2-10-18-16(13)14(11)15(12)17-9-1;1-10-5-7-11(8-6-10)12-4-2-3-9-13-12;/h1-10H;2-7,9H,1H3;/q;-1;. The predicted octanol–water partition coefficient (Wildman–Crippen LogP) is 6.79. The van der Waals surface area contributed by atoms with Gasteiger partial charge >= 0.3 is 0 Å². The molecule has 3 heterocycles. The summed E-state index contributed by atoms with van der Waals surface area (Å²) in [6, 6.07) is 31.7. The Labute approximate surface area is 201 Å². The molecule has 0 saturated heterocycles. The summed E-state index contributed by atoms with van der Waals surface area (Å²) in [5.41, 5.74) is 5.30. The van der Waals surface area contributed by atoms with Crippen molar-refractivity contribution in [2.24, 2.45) is 0 Å². The molecule has 0 aliphatic heterocycles. The fraction of sp³-hybridized carbons (Fsp3) is 0.0357. The van der Waals surface area contributed by atoms with E-state index < -0.39 is 0 Å². The molecule has 32 heavy (non-hydrogen) atoms. The molecular formula is C28H20N3Pt-. The summed E-state index contributed by atoms with van der Waals surface area (Å²) >= 11 is 0. The van der Waals surface area contributed by atoms with Crippen molar-refractivity contribution in [3.05, 3.63) is 115 Å². The van der Waals surface area contributed by atoms with Crippen LogP contribution in [0.4, 0.5) is 0 Å². The van der Waals surface area contributed by atoms with Gasteiger partial charge < -0.3 is 4.98 Å². The SMILES string of the molecule is Cc1c[c-]c(-c2ccccn2)cc1.[Pt].c1cnc2c(c1)ccc1ccc3cccnc3c12. The van der Waals surface area contributed by atoms with Crippen LogP contribution in [0, 0.1) is 13.0 Å². The van der Waals surface area contributed by atoms with Crippen molar-refractivity contribution in [1.29, 1.82) is 0 Å². The Morgan fingerprint density at radius 1 is 0.594 bits per heavy atom. The third-order valence-electron chi connectivity index (χ3n) is 5.23. The van der Waals surface area contributed by atoms with E-state index >= 15 is 0 Å². The number of aromatic nitrogens is 3. The molecule has 158 valence electrons. The molecule has 6 rings (SSSR count). The fourth-order valence-corrected chi connectivity index (χ4v) is 3.67. The van der Waals surface area contributed by atoms with Crippen LogP contribution in [-0.2, 0) is 21.1 Å². The second-order valence-corrected chi connectivity index (χ2v) is 7.37. The zero-order valence-corrected chi connectivity index (χ0v) is 19.7. The van der Waals surface area contributed by atoms with E-state index in [1.54, 1.807) is 6.20 Å². The smallest absolute Gasteiger partial charge is 0.0802 e. The minimum atomic E-state index is 0. The topological polar surface area (TPSA) is 38.7 Å². The maximum Gasteiger partial charge on any atom is 0.0802 e. The van der Waals surface area contributed by atoms with Gasteiger partial charge in [-0.3, -0.25) is 9.97 Å². The van der Waals surface area contributed by atoms with E-state index in [1.165, 1.54) is 10.9 Å². The van der Waals surface area contributed by atoms with Crippen molar-refractivity contribution in [2.75, 3.05) is 0 Å². The number of hydrogen-bond donors (Lipinski definition) is 0. The molecular weight excluding hydrogens is 573 g/mol. The molecule has 0 bridgehead atoms. The maximum atomic E-state index is 4.52. The second kappa shape index (κ2) is 9.80. The third kappa shape index (κ3) is 4.44. The zero-order valence-electron chi connectivity index (χ0n) is 17.5. The summed E-state index contributed by atoms with van der Waals surface area (Å²) in [5, 5.41) is 4.64. The Morgan fingerprint density at radius 3 is 1.78 bits per heavy atom. The molecule has 3 aromatic heterocycles. The van der Waals surface area contributed by atoms with E-state index in [1.807, 2.05) is 54.9 Å². The van der Waals surface area contributed by atoms with Gasteiger partial charge in [0.15, 0.2) is 0 Å². The first kappa shape index (κ1) is 21.8. The molecule has 0 saturated carbocycles. The van der Waals surface area contributed by atoms with Crippen LogP contribution in [0.1, 0.15) is 5.56 Å². The van der Waals surface area contributed by atoms with Gasteiger partial charge in [-0.25, -0.2) is 0 Å². The summed E-state index contributed by atoms with van der Waals surface area (Å²) in [7, 11) is 0. The first-order chi connectivity index (χ1) is 15.3. The molecule has 0 atom stereocenters. The van der Waals surface area contributed by atoms with E-state index in [2.05, 4.69) is 70.4 Å². The molecule has 6 aromatic rings. The second-order valence-electron chi connectivity index (χ2n) is 7.37. The summed E-state index contributed by atoms with van der Waals surface area (Å²) in [6.07, 6.45) is 5.47. The number of aryl methyl sites for hydroxylation is 1. The molecule has 3 nitrogen and oxygen atoms in total. The summed E-state index contributed by atoms with van der Waals surface area (Å²) in [5.74, 6) is 0. The largest absolute Gasteiger partial charge is 0.305 e. The Kier molecular flexibility index (Phi) is 6.68. The number of rotatable bonds is 1. The van der Waals surface area contributed by atoms with E-state index in [9.17, 15) is 0 Å². The third-order valence-corrected chi connectivity index (χ3v) is 5.23. The predicted molar refractivity (Wildman–Crippen MR) is 128 cm³/mol. The molecule has 0 unspecified atom stereocenters. The van der Waals surface area contributed by atoms with E-state index in [0.717, 1.165) is 38.4 Å². The van der Waals surface area contributed by atoms with Gasteiger partial charge in [-0.05, 0) is 29.3 Å². The number of nitrogens with zero attached hydrogens (tertiary/aromatic N) is 3. The van der Waals surface area contributed by atoms with Crippen LogP contribution in [0.2, 0.25) is 0 Å². The molecule has 0 spiro atoms. The van der Waals surface area contributed by atoms with Gasteiger partial charge in [0.05, 0.1) is 11.0 Å². The van der Waals surface area contributed by atoms with Crippen molar-refractivity contribution < 1.29 is 21.1 Å². The first-order valence-electron chi connectivity index (χ1n) is 10.2. The van der Waals surface area contributed by atoms with Gasteiger partial charge in [0.2, 0.25) is 0 Å². The van der Waals surface area contributed by atoms with Crippen molar-refractivity contribution in [3.63, 3.8) is 0 Å². The van der Waals surface area contributed by atoms with Crippen LogP contribution >= 0.6 is 0 Å². The van der Waals surface area contributed by atoms with Crippen LogP contribution in [0.25, 0.3) is 43.8 Å². The van der Waals surface area contributed by atoms with E-state index in [4.69, 9.17) is 0 Å². The Hall–Kier alpha value is -3.42. The van der Waals surface area contributed by atoms with Crippen LogP contribution in [0.15, 0.2) is 104 Å². The van der Waals surface area contributed by atoms with Crippen LogP contribution in [-0.4, -0.2) is 15.0 Å². The normalized spacial score (nSPS) is 10.4. The summed E-state index contributed by atoms with van der Waals surface area (Å²) < 4.78 is 0. The van der Waals surface area contributed by atoms with Crippen LogP contribution in [0.3, 0.4) is 0 Å². The number of benzene rings is 3.